The number of ether oxygens (including phenoxy) is 2. The van der Waals surface area contributed by atoms with Crippen LogP contribution in [0.4, 0.5) is 0 Å². The van der Waals surface area contributed by atoms with Gasteiger partial charge in [0.25, 0.3) is 5.91 Å². The fraction of sp³-hybridized carbons (Fsp3) is 0.143. The highest BCUT2D eigenvalue weighted by Crippen LogP contribution is 2.33. The molecule has 0 atom stereocenters. The summed E-state index contributed by atoms with van der Waals surface area (Å²) in [4.78, 5) is 16.9. The van der Waals surface area contributed by atoms with Crippen molar-refractivity contribution < 1.29 is 26.9 Å². The van der Waals surface area contributed by atoms with Crippen molar-refractivity contribution in [2.45, 2.75) is 18.7 Å². The van der Waals surface area contributed by atoms with Gasteiger partial charge in [0, 0.05) is 0 Å². The molecule has 0 unspecified atom stereocenters. The molecule has 2 aliphatic heterocycles. The number of para-hydroxylation sites is 1. The number of hydrazone groups is 1. The largest absolute Gasteiger partial charge is 0.490 e. The lowest BCUT2D eigenvalue weighted by molar-refractivity contribution is -0.114. The number of hydrogen-bond acceptors (Lipinski definition) is 9. The third-order valence-corrected chi connectivity index (χ3v) is 7.82. The van der Waals surface area contributed by atoms with E-state index in [0.717, 1.165) is 17.3 Å². The molecule has 40 heavy (non-hydrogen) atoms. The Kier molecular flexibility index (Phi) is 7.71. The molecular formula is C28H24N4O6S2. The Morgan fingerprint density at radius 2 is 1.75 bits per heavy atom. The molecule has 0 saturated heterocycles. The number of carbonyl (C=O) groups is 1. The number of aliphatic imine (C=N–C) groups is 1. The second kappa shape index (κ2) is 11.4. The van der Waals surface area contributed by atoms with E-state index >= 15 is 0 Å². The lowest BCUT2D eigenvalue weighted by Crippen LogP contribution is -2.35. The van der Waals surface area contributed by atoms with Crippen molar-refractivity contribution in [2.24, 2.45) is 10.1 Å². The van der Waals surface area contributed by atoms with E-state index < -0.39 is 16.0 Å². The van der Waals surface area contributed by atoms with Crippen LogP contribution in [0, 0.1) is 12.3 Å². The summed E-state index contributed by atoms with van der Waals surface area (Å²) >= 11 is 1.16. The number of amidine groups is 2. The first-order valence-electron chi connectivity index (χ1n) is 12.2. The van der Waals surface area contributed by atoms with Crippen LogP contribution in [0.15, 0.2) is 93.4 Å². The van der Waals surface area contributed by atoms with Crippen LogP contribution in [-0.4, -0.2) is 48.6 Å². The van der Waals surface area contributed by atoms with Gasteiger partial charge in [-0.25, -0.2) is 0 Å². The predicted molar refractivity (Wildman–Crippen MR) is 154 cm³/mol. The molecule has 0 aromatic heterocycles. The van der Waals surface area contributed by atoms with Crippen LogP contribution in [0.5, 0.6) is 17.2 Å². The molecule has 10 nitrogen and oxygen atoms in total. The molecule has 0 radical (unpaired) electrons. The van der Waals surface area contributed by atoms with E-state index in [1.807, 2.05) is 37.3 Å². The molecule has 12 heteroatoms. The maximum Gasteiger partial charge on any atom is 0.339 e. The Morgan fingerprint density at radius 1 is 1.00 bits per heavy atom. The Hall–Kier alpha value is -4.42. The number of rotatable bonds is 9. The van der Waals surface area contributed by atoms with Crippen LogP contribution in [0.3, 0.4) is 0 Å². The number of benzene rings is 3. The molecule has 2 aliphatic rings. The summed E-state index contributed by atoms with van der Waals surface area (Å²) in [6, 6.07) is 20.1. The number of aryl methyl sites for hydroxylation is 1. The van der Waals surface area contributed by atoms with Crippen molar-refractivity contribution in [3.63, 3.8) is 0 Å². The molecule has 0 spiro atoms. The quantitative estimate of drug-likeness (QED) is 0.282. The minimum atomic E-state index is -4.10. The number of carbonyl (C=O) groups excluding carboxylic acids is 1. The van der Waals surface area contributed by atoms with E-state index in [1.165, 1.54) is 35.4 Å². The molecule has 3 aromatic carbocycles. The number of nitrogens with one attached hydrogen (secondary N) is 1. The van der Waals surface area contributed by atoms with Crippen molar-refractivity contribution in [1.29, 1.82) is 5.41 Å². The van der Waals surface area contributed by atoms with E-state index in [1.54, 1.807) is 25.1 Å². The number of nitrogens with zero attached hydrogens (tertiary/aromatic N) is 3. The van der Waals surface area contributed by atoms with Crippen LogP contribution >= 0.6 is 11.8 Å². The fourth-order valence-corrected chi connectivity index (χ4v) is 5.48. The highest BCUT2D eigenvalue weighted by Gasteiger charge is 2.36. The maximum absolute atomic E-state index is 12.8. The standard InChI is InChI=1S/C28H24N4O6S2/c1-3-36-24-16-19(11-14-23(24)38-40(34,35)21-12-9-18(2)10-13-21)15-22-26(29)32-28(30-27(22)33)39-25(31-32)17-37-20-7-5-4-6-8-20/h4-16,29H,3,17H2,1-2H3/b22-15-,29-26?. The summed E-state index contributed by atoms with van der Waals surface area (Å²) in [7, 11) is -4.10. The number of amides is 1. The van der Waals surface area contributed by atoms with Crippen molar-refractivity contribution in [1.82, 2.24) is 5.01 Å². The number of thioether (sulfide) groups is 1. The van der Waals surface area contributed by atoms with Crippen LogP contribution in [0.1, 0.15) is 18.1 Å². The number of hydrogen-bond donors (Lipinski definition) is 1. The van der Waals surface area contributed by atoms with Crippen LogP contribution in [0.25, 0.3) is 6.08 Å². The monoisotopic (exact) mass is 576 g/mol. The van der Waals surface area contributed by atoms with E-state index in [4.69, 9.17) is 19.1 Å². The molecule has 1 N–H and O–H groups in total. The molecule has 3 aromatic rings. The van der Waals surface area contributed by atoms with Crippen molar-refractivity contribution in [2.75, 3.05) is 13.2 Å². The normalized spacial score (nSPS) is 15.9. The van der Waals surface area contributed by atoms with Gasteiger partial charge in [0.05, 0.1) is 12.2 Å². The Bertz CT molecular complexity index is 1670. The van der Waals surface area contributed by atoms with Crippen molar-refractivity contribution in [3.8, 4) is 17.2 Å². The van der Waals surface area contributed by atoms with Gasteiger partial charge in [-0.05, 0) is 73.6 Å². The van der Waals surface area contributed by atoms with E-state index in [9.17, 15) is 13.2 Å². The summed E-state index contributed by atoms with van der Waals surface area (Å²) in [5.41, 5.74) is 1.42. The zero-order valence-corrected chi connectivity index (χ0v) is 23.2. The Balaban J connectivity index is 1.36. The third kappa shape index (κ3) is 5.92. The first-order valence-corrected chi connectivity index (χ1v) is 14.4. The van der Waals surface area contributed by atoms with Gasteiger partial charge in [-0.1, -0.05) is 42.0 Å². The zero-order valence-electron chi connectivity index (χ0n) is 21.5. The minimum Gasteiger partial charge on any atom is -0.490 e. The number of fused-ring (bicyclic) bond motifs is 1. The summed E-state index contributed by atoms with van der Waals surface area (Å²) in [6.45, 7) is 4.02. The molecular weight excluding hydrogens is 552 g/mol. The molecule has 204 valence electrons. The summed E-state index contributed by atoms with van der Waals surface area (Å²) in [5, 5.41) is 15.1. The average molecular weight is 577 g/mol. The van der Waals surface area contributed by atoms with Gasteiger partial charge in [0.1, 0.15) is 22.3 Å². The van der Waals surface area contributed by atoms with Gasteiger partial charge in [-0.3, -0.25) is 10.2 Å². The molecule has 5 rings (SSSR count). The zero-order chi connectivity index (χ0) is 28.3. The van der Waals surface area contributed by atoms with Gasteiger partial charge in [0.2, 0.25) is 5.17 Å². The van der Waals surface area contributed by atoms with Gasteiger partial charge < -0.3 is 13.7 Å². The SMILES string of the molecule is CCOc1cc(/C=C2/C(=N)N3N=C(COc4ccccc4)SC3=NC2=O)ccc1OS(=O)(=O)c1ccc(C)cc1. The summed E-state index contributed by atoms with van der Waals surface area (Å²) in [6.07, 6.45) is 1.48. The predicted octanol–water partition coefficient (Wildman–Crippen LogP) is 4.86. The van der Waals surface area contributed by atoms with E-state index in [0.29, 0.717) is 16.4 Å². The minimum absolute atomic E-state index is 0.00136. The highest BCUT2D eigenvalue weighted by molar-refractivity contribution is 8.27. The van der Waals surface area contributed by atoms with Gasteiger partial charge in [-0.15, -0.1) is 0 Å². The van der Waals surface area contributed by atoms with E-state index in [-0.39, 0.29) is 46.2 Å². The molecule has 0 bridgehead atoms. The smallest absolute Gasteiger partial charge is 0.339 e. The summed E-state index contributed by atoms with van der Waals surface area (Å²) < 4.78 is 42.4. The second-order valence-corrected chi connectivity index (χ2v) is 11.2. The van der Waals surface area contributed by atoms with Crippen LogP contribution < -0.4 is 13.7 Å². The lowest BCUT2D eigenvalue weighted by atomic mass is 10.1. The molecule has 0 aliphatic carbocycles. The van der Waals surface area contributed by atoms with Gasteiger partial charge in [-0.2, -0.15) is 23.5 Å². The molecule has 0 saturated carbocycles. The summed E-state index contributed by atoms with van der Waals surface area (Å²) in [5.74, 6) is 0.107. The van der Waals surface area contributed by atoms with Crippen LogP contribution in [-0.2, 0) is 14.9 Å². The topological polar surface area (TPSA) is 131 Å². The van der Waals surface area contributed by atoms with Crippen molar-refractivity contribution in [3.05, 3.63) is 89.5 Å². The first-order chi connectivity index (χ1) is 19.2. The highest BCUT2D eigenvalue weighted by atomic mass is 32.2. The molecule has 0 fully saturated rings. The van der Waals surface area contributed by atoms with E-state index in [2.05, 4.69) is 10.1 Å². The molecule has 2 heterocycles. The first kappa shape index (κ1) is 27.2. The van der Waals surface area contributed by atoms with Crippen molar-refractivity contribution >= 4 is 49.9 Å². The van der Waals surface area contributed by atoms with Crippen LogP contribution in [0.2, 0.25) is 0 Å². The Labute approximate surface area is 235 Å². The lowest BCUT2D eigenvalue weighted by Gasteiger charge is -2.20. The van der Waals surface area contributed by atoms with Gasteiger partial charge in [0.15, 0.2) is 17.3 Å². The fourth-order valence-electron chi connectivity index (χ4n) is 3.74. The van der Waals surface area contributed by atoms with Gasteiger partial charge >= 0.3 is 10.1 Å². The Morgan fingerprint density at radius 3 is 2.48 bits per heavy atom. The maximum atomic E-state index is 12.8. The third-order valence-electron chi connectivity index (χ3n) is 5.69. The molecule has 1 amide bonds. The average Bonchev–Trinajstić information content (AvgIpc) is 3.35. The second-order valence-electron chi connectivity index (χ2n) is 8.61.